The molecule has 0 aliphatic heterocycles. The first kappa shape index (κ1) is 15.9. The zero-order chi connectivity index (χ0) is 16.1. The SMILES string of the molecule is O=C(NN=Cc1ccc(Cl)c(Cl)c1)c1cccc([N+](=O)[O-])c1. The molecule has 0 atom stereocenters. The minimum Gasteiger partial charge on any atom is -0.267 e. The fourth-order valence-electron chi connectivity index (χ4n) is 1.58. The van der Waals surface area contributed by atoms with Gasteiger partial charge in [-0.05, 0) is 23.8 Å². The molecular formula is C14H9Cl2N3O3. The van der Waals surface area contributed by atoms with Crippen LogP contribution in [-0.4, -0.2) is 17.0 Å². The fraction of sp³-hybridized carbons (Fsp3) is 0. The highest BCUT2D eigenvalue weighted by atomic mass is 35.5. The minimum absolute atomic E-state index is 0.139. The number of nitrogens with one attached hydrogen (secondary N) is 1. The molecule has 22 heavy (non-hydrogen) atoms. The van der Waals surface area contributed by atoms with Gasteiger partial charge in [-0.2, -0.15) is 5.10 Å². The zero-order valence-corrected chi connectivity index (χ0v) is 12.5. The summed E-state index contributed by atoms with van der Waals surface area (Å²) in [5.74, 6) is -0.556. The van der Waals surface area contributed by atoms with Crippen molar-refractivity contribution in [2.75, 3.05) is 0 Å². The summed E-state index contributed by atoms with van der Waals surface area (Å²) < 4.78 is 0. The first-order valence-electron chi connectivity index (χ1n) is 6.00. The lowest BCUT2D eigenvalue weighted by atomic mass is 10.2. The van der Waals surface area contributed by atoms with E-state index in [-0.39, 0.29) is 11.3 Å². The Hall–Kier alpha value is -2.44. The maximum Gasteiger partial charge on any atom is 0.271 e. The van der Waals surface area contributed by atoms with Crippen molar-refractivity contribution in [1.29, 1.82) is 0 Å². The second-order valence-corrected chi connectivity index (χ2v) is 4.99. The molecule has 0 bridgehead atoms. The first-order valence-corrected chi connectivity index (χ1v) is 6.76. The van der Waals surface area contributed by atoms with E-state index in [0.29, 0.717) is 15.6 Å². The lowest BCUT2D eigenvalue weighted by Gasteiger charge is -2.00. The van der Waals surface area contributed by atoms with E-state index in [2.05, 4.69) is 10.5 Å². The van der Waals surface area contributed by atoms with E-state index in [0.717, 1.165) is 0 Å². The van der Waals surface area contributed by atoms with E-state index >= 15 is 0 Å². The Balaban J connectivity index is 2.06. The predicted octanol–water partition coefficient (Wildman–Crippen LogP) is 3.67. The molecule has 0 unspecified atom stereocenters. The van der Waals surface area contributed by atoms with Crippen molar-refractivity contribution >= 4 is 41.0 Å². The number of halogens is 2. The smallest absolute Gasteiger partial charge is 0.267 e. The van der Waals surface area contributed by atoms with Gasteiger partial charge in [0.25, 0.3) is 11.6 Å². The number of carbonyl (C=O) groups is 1. The average Bonchev–Trinajstić information content (AvgIpc) is 2.51. The predicted molar refractivity (Wildman–Crippen MR) is 84.6 cm³/mol. The molecule has 112 valence electrons. The molecule has 0 saturated carbocycles. The molecule has 2 aromatic rings. The monoisotopic (exact) mass is 337 g/mol. The van der Waals surface area contributed by atoms with Gasteiger partial charge in [0.05, 0.1) is 21.2 Å². The first-order chi connectivity index (χ1) is 10.5. The van der Waals surface area contributed by atoms with Crippen LogP contribution in [0.1, 0.15) is 15.9 Å². The van der Waals surface area contributed by atoms with Crippen LogP contribution < -0.4 is 5.43 Å². The van der Waals surface area contributed by atoms with Crippen LogP contribution in [0, 0.1) is 10.1 Å². The summed E-state index contributed by atoms with van der Waals surface area (Å²) in [7, 11) is 0. The Morgan fingerprint density at radius 2 is 1.95 bits per heavy atom. The highest BCUT2D eigenvalue weighted by Crippen LogP contribution is 2.21. The van der Waals surface area contributed by atoms with Crippen molar-refractivity contribution < 1.29 is 9.72 Å². The molecule has 0 fully saturated rings. The third kappa shape index (κ3) is 4.03. The number of hydrogen-bond acceptors (Lipinski definition) is 4. The second kappa shape index (κ2) is 7.02. The van der Waals surface area contributed by atoms with Crippen molar-refractivity contribution in [1.82, 2.24) is 5.43 Å². The van der Waals surface area contributed by atoms with Gasteiger partial charge in [-0.25, -0.2) is 5.43 Å². The molecule has 2 aromatic carbocycles. The van der Waals surface area contributed by atoms with Crippen molar-refractivity contribution in [3.63, 3.8) is 0 Å². The van der Waals surface area contributed by atoms with Crippen LogP contribution in [0.15, 0.2) is 47.6 Å². The fourth-order valence-corrected chi connectivity index (χ4v) is 1.89. The molecule has 1 amide bonds. The van der Waals surface area contributed by atoms with Crippen molar-refractivity contribution in [3.8, 4) is 0 Å². The summed E-state index contributed by atoms with van der Waals surface area (Å²) in [4.78, 5) is 21.9. The van der Waals surface area contributed by atoms with Gasteiger partial charge in [-0.3, -0.25) is 14.9 Å². The molecule has 0 saturated heterocycles. The summed E-state index contributed by atoms with van der Waals surface area (Å²) in [6, 6.07) is 10.2. The number of benzene rings is 2. The number of nitro benzene ring substituents is 1. The Kier molecular flexibility index (Phi) is 5.08. The second-order valence-electron chi connectivity index (χ2n) is 4.18. The van der Waals surface area contributed by atoms with Gasteiger partial charge in [-0.15, -0.1) is 0 Å². The summed E-state index contributed by atoms with van der Waals surface area (Å²) in [5, 5.41) is 15.2. The minimum atomic E-state index is -0.574. The molecule has 0 aliphatic carbocycles. The Morgan fingerprint density at radius 3 is 2.64 bits per heavy atom. The van der Waals surface area contributed by atoms with Crippen molar-refractivity contribution in [2.45, 2.75) is 0 Å². The van der Waals surface area contributed by atoms with E-state index in [4.69, 9.17) is 23.2 Å². The molecule has 8 heteroatoms. The van der Waals surface area contributed by atoms with Gasteiger partial charge in [0.15, 0.2) is 0 Å². The lowest BCUT2D eigenvalue weighted by Crippen LogP contribution is -2.17. The van der Waals surface area contributed by atoms with Crippen LogP contribution in [0.3, 0.4) is 0 Å². The van der Waals surface area contributed by atoms with Crippen molar-refractivity contribution in [3.05, 3.63) is 73.8 Å². The molecule has 0 radical (unpaired) electrons. The van der Waals surface area contributed by atoms with Gasteiger partial charge in [0, 0.05) is 17.7 Å². The number of hydrazone groups is 1. The normalized spacial score (nSPS) is 10.6. The largest absolute Gasteiger partial charge is 0.271 e. The number of non-ortho nitro benzene ring substituents is 1. The molecule has 0 aromatic heterocycles. The maximum atomic E-state index is 11.8. The van der Waals surface area contributed by atoms with Crippen LogP contribution in [0.5, 0.6) is 0 Å². The Labute approximate surface area is 135 Å². The topological polar surface area (TPSA) is 84.6 Å². The molecule has 0 heterocycles. The van der Waals surface area contributed by atoms with E-state index in [9.17, 15) is 14.9 Å². The average molecular weight is 338 g/mol. The highest BCUT2D eigenvalue weighted by Gasteiger charge is 2.10. The standard InChI is InChI=1S/C14H9Cl2N3O3/c15-12-5-4-9(6-13(12)16)8-17-18-14(20)10-2-1-3-11(7-10)19(21)22/h1-8H,(H,18,20). The van der Waals surface area contributed by atoms with Gasteiger partial charge >= 0.3 is 0 Å². The van der Waals surface area contributed by atoms with Gasteiger partial charge in [0.2, 0.25) is 0 Å². The summed E-state index contributed by atoms with van der Waals surface area (Å²) >= 11 is 11.6. The molecular weight excluding hydrogens is 329 g/mol. The van der Waals surface area contributed by atoms with Gasteiger partial charge in [-0.1, -0.05) is 35.3 Å². The summed E-state index contributed by atoms with van der Waals surface area (Å²) in [6.07, 6.45) is 1.39. The number of amides is 1. The van der Waals surface area contributed by atoms with E-state index in [1.54, 1.807) is 18.2 Å². The van der Waals surface area contributed by atoms with Gasteiger partial charge in [0.1, 0.15) is 0 Å². The molecule has 6 nitrogen and oxygen atoms in total. The maximum absolute atomic E-state index is 11.8. The molecule has 0 aliphatic rings. The lowest BCUT2D eigenvalue weighted by molar-refractivity contribution is -0.384. The zero-order valence-electron chi connectivity index (χ0n) is 11.0. The van der Waals surface area contributed by atoms with E-state index < -0.39 is 10.8 Å². The van der Waals surface area contributed by atoms with Crippen LogP contribution in [0.2, 0.25) is 10.0 Å². The van der Waals surface area contributed by atoms with Crippen LogP contribution >= 0.6 is 23.2 Å². The number of hydrogen-bond donors (Lipinski definition) is 1. The Morgan fingerprint density at radius 1 is 1.18 bits per heavy atom. The van der Waals surface area contributed by atoms with E-state index in [1.165, 1.54) is 30.5 Å². The third-order valence-corrected chi connectivity index (χ3v) is 3.38. The number of nitro groups is 1. The number of rotatable bonds is 4. The quantitative estimate of drug-likeness (QED) is 0.524. The van der Waals surface area contributed by atoms with Crippen molar-refractivity contribution in [2.24, 2.45) is 5.10 Å². The third-order valence-electron chi connectivity index (χ3n) is 2.64. The number of carbonyl (C=O) groups excluding carboxylic acids is 1. The van der Waals surface area contributed by atoms with Gasteiger partial charge < -0.3 is 0 Å². The summed E-state index contributed by atoms with van der Waals surface area (Å²) in [6.45, 7) is 0. The number of nitrogens with zero attached hydrogens (tertiary/aromatic N) is 2. The molecule has 1 N–H and O–H groups in total. The van der Waals surface area contributed by atoms with Crippen LogP contribution in [0.4, 0.5) is 5.69 Å². The molecule has 0 spiro atoms. The Bertz CT molecular complexity index is 763. The van der Waals surface area contributed by atoms with E-state index in [1.807, 2.05) is 0 Å². The highest BCUT2D eigenvalue weighted by molar-refractivity contribution is 6.42. The summed E-state index contributed by atoms with van der Waals surface area (Å²) in [5.41, 5.74) is 2.90. The van der Waals surface area contributed by atoms with Crippen LogP contribution in [-0.2, 0) is 0 Å². The van der Waals surface area contributed by atoms with Crippen LogP contribution in [0.25, 0.3) is 0 Å². The molecule has 2 rings (SSSR count).